The fourth-order valence-electron chi connectivity index (χ4n) is 2.30. The van der Waals surface area contributed by atoms with E-state index < -0.39 is 17.1 Å². The number of hydrogen-bond donors (Lipinski definition) is 1. The van der Waals surface area contributed by atoms with E-state index in [1.165, 1.54) is 6.07 Å². The van der Waals surface area contributed by atoms with Crippen molar-refractivity contribution in [2.75, 3.05) is 7.11 Å². The molecule has 5 nitrogen and oxygen atoms in total. The molecule has 118 valence electrons. The Morgan fingerprint density at radius 3 is 2.57 bits per heavy atom. The maximum Gasteiger partial charge on any atom is 0.329 e. The topological polar surface area (TPSA) is 64.1 Å². The predicted molar refractivity (Wildman–Crippen MR) is 88.6 cm³/mol. The van der Waals surface area contributed by atoms with E-state index in [0.29, 0.717) is 5.75 Å². The first-order chi connectivity index (χ1) is 11.0. The number of nitrogens with one attached hydrogen (secondary N) is 1. The van der Waals surface area contributed by atoms with Crippen LogP contribution in [0.1, 0.15) is 5.56 Å². The van der Waals surface area contributed by atoms with Gasteiger partial charge in [0.25, 0.3) is 5.56 Å². The Morgan fingerprint density at radius 1 is 1.22 bits per heavy atom. The van der Waals surface area contributed by atoms with Gasteiger partial charge in [-0.1, -0.05) is 12.1 Å². The van der Waals surface area contributed by atoms with Gasteiger partial charge in [0.2, 0.25) is 0 Å². The quantitative estimate of drug-likeness (QED) is 0.761. The first-order valence-corrected chi connectivity index (χ1v) is 7.53. The molecule has 3 rings (SSSR count). The normalized spacial score (nSPS) is 10.9. The minimum atomic E-state index is -0.583. The lowest BCUT2D eigenvalue weighted by Crippen LogP contribution is -2.35. The molecule has 0 saturated carbocycles. The van der Waals surface area contributed by atoms with E-state index in [2.05, 4.69) is 20.9 Å². The molecule has 0 aliphatic rings. The van der Waals surface area contributed by atoms with Crippen molar-refractivity contribution in [1.82, 2.24) is 9.55 Å². The molecule has 0 unspecified atom stereocenters. The lowest BCUT2D eigenvalue weighted by Gasteiger charge is -2.08. The molecule has 0 bridgehead atoms. The largest absolute Gasteiger partial charge is 0.497 e. The highest BCUT2D eigenvalue weighted by Crippen LogP contribution is 2.19. The van der Waals surface area contributed by atoms with Gasteiger partial charge in [-0.3, -0.25) is 9.36 Å². The van der Waals surface area contributed by atoms with Crippen LogP contribution in [-0.4, -0.2) is 16.7 Å². The van der Waals surface area contributed by atoms with Gasteiger partial charge in [0.05, 0.1) is 29.0 Å². The third-order valence-corrected chi connectivity index (χ3v) is 4.13. The molecule has 2 aromatic carbocycles. The number of methoxy groups -OCH3 is 1. The summed E-state index contributed by atoms with van der Waals surface area (Å²) in [6.07, 6.45) is 0. The summed E-state index contributed by atoms with van der Waals surface area (Å²) < 4.78 is 19.9. The van der Waals surface area contributed by atoms with Gasteiger partial charge in [-0.2, -0.15) is 0 Å². The monoisotopic (exact) mass is 378 g/mol. The number of benzene rings is 2. The van der Waals surface area contributed by atoms with Crippen LogP contribution in [-0.2, 0) is 6.54 Å². The molecule has 0 atom stereocenters. The van der Waals surface area contributed by atoms with Gasteiger partial charge < -0.3 is 9.72 Å². The Balaban J connectivity index is 2.11. The van der Waals surface area contributed by atoms with E-state index in [1.54, 1.807) is 31.4 Å². The number of nitrogens with zero attached hydrogens (tertiary/aromatic N) is 1. The van der Waals surface area contributed by atoms with Crippen molar-refractivity contribution in [2.45, 2.75) is 6.54 Å². The van der Waals surface area contributed by atoms with Crippen LogP contribution in [0.2, 0.25) is 0 Å². The Bertz CT molecular complexity index is 993. The summed E-state index contributed by atoms with van der Waals surface area (Å²) in [5.41, 5.74) is -0.106. The smallest absolute Gasteiger partial charge is 0.329 e. The molecule has 1 aromatic heterocycles. The molecule has 0 spiro atoms. The standard InChI is InChI=1S/C16H12BrFN2O3/c1-23-10-4-2-9(3-5-10)8-20-15(21)11-6-12(17)13(18)7-14(11)19-16(20)22/h2-7H,8H2,1H3,(H,19,22). The summed E-state index contributed by atoms with van der Waals surface area (Å²) >= 11 is 3.05. The van der Waals surface area contributed by atoms with Gasteiger partial charge in [0, 0.05) is 0 Å². The van der Waals surface area contributed by atoms with Crippen LogP contribution < -0.4 is 16.0 Å². The van der Waals surface area contributed by atoms with Crippen LogP contribution in [0.25, 0.3) is 10.9 Å². The van der Waals surface area contributed by atoms with E-state index in [9.17, 15) is 14.0 Å². The molecule has 3 aromatic rings. The first kappa shape index (κ1) is 15.5. The number of fused-ring (bicyclic) bond motifs is 1. The second-order valence-electron chi connectivity index (χ2n) is 4.98. The zero-order chi connectivity index (χ0) is 16.6. The minimum absolute atomic E-state index is 0.114. The highest BCUT2D eigenvalue weighted by atomic mass is 79.9. The van der Waals surface area contributed by atoms with Gasteiger partial charge in [0.15, 0.2) is 0 Å². The van der Waals surface area contributed by atoms with Crippen molar-refractivity contribution in [3.63, 3.8) is 0 Å². The molecule has 7 heteroatoms. The van der Waals surface area contributed by atoms with Crippen LogP contribution in [0.15, 0.2) is 50.5 Å². The molecule has 1 heterocycles. The van der Waals surface area contributed by atoms with Gasteiger partial charge in [-0.15, -0.1) is 0 Å². The number of H-pyrrole nitrogens is 1. The molecule has 0 saturated heterocycles. The van der Waals surface area contributed by atoms with Crippen molar-refractivity contribution in [2.24, 2.45) is 0 Å². The second-order valence-corrected chi connectivity index (χ2v) is 5.84. The zero-order valence-corrected chi connectivity index (χ0v) is 13.7. The van der Waals surface area contributed by atoms with E-state index >= 15 is 0 Å². The first-order valence-electron chi connectivity index (χ1n) is 6.74. The number of hydrogen-bond acceptors (Lipinski definition) is 3. The third kappa shape index (κ3) is 2.92. The van der Waals surface area contributed by atoms with Crippen molar-refractivity contribution in [3.8, 4) is 5.75 Å². The SMILES string of the molecule is COc1ccc(Cn2c(=O)[nH]c3cc(F)c(Br)cc3c2=O)cc1. The second kappa shape index (κ2) is 6.00. The number of aromatic amines is 1. The molecule has 0 amide bonds. The van der Waals surface area contributed by atoms with Crippen LogP contribution in [0.5, 0.6) is 5.75 Å². The van der Waals surface area contributed by atoms with Gasteiger partial charge in [0.1, 0.15) is 11.6 Å². The molecular weight excluding hydrogens is 367 g/mol. The third-order valence-electron chi connectivity index (χ3n) is 3.52. The molecule has 0 radical (unpaired) electrons. The average Bonchev–Trinajstić information content (AvgIpc) is 2.54. The molecule has 0 aliphatic carbocycles. The zero-order valence-electron chi connectivity index (χ0n) is 12.1. The van der Waals surface area contributed by atoms with Crippen LogP contribution >= 0.6 is 15.9 Å². The lowest BCUT2D eigenvalue weighted by atomic mass is 10.2. The summed E-state index contributed by atoms with van der Waals surface area (Å²) in [5.74, 6) is 0.147. The van der Waals surface area contributed by atoms with Crippen molar-refractivity contribution in [1.29, 1.82) is 0 Å². The minimum Gasteiger partial charge on any atom is -0.497 e. The molecule has 0 fully saturated rings. The number of aromatic nitrogens is 2. The maximum absolute atomic E-state index is 13.5. The van der Waals surface area contributed by atoms with Gasteiger partial charge in [-0.25, -0.2) is 9.18 Å². The highest BCUT2D eigenvalue weighted by molar-refractivity contribution is 9.10. The molecule has 23 heavy (non-hydrogen) atoms. The summed E-state index contributed by atoms with van der Waals surface area (Å²) in [4.78, 5) is 27.2. The number of halogens is 2. The van der Waals surface area contributed by atoms with E-state index in [4.69, 9.17) is 4.74 Å². The van der Waals surface area contributed by atoms with E-state index in [0.717, 1.165) is 16.2 Å². The van der Waals surface area contributed by atoms with Gasteiger partial charge in [-0.05, 0) is 45.8 Å². The maximum atomic E-state index is 13.5. The summed E-state index contributed by atoms with van der Waals surface area (Å²) in [6.45, 7) is 0.114. The van der Waals surface area contributed by atoms with Crippen LogP contribution in [0.3, 0.4) is 0 Å². The Hall–Kier alpha value is -2.41. The van der Waals surface area contributed by atoms with Gasteiger partial charge >= 0.3 is 5.69 Å². The van der Waals surface area contributed by atoms with Crippen LogP contribution in [0.4, 0.5) is 4.39 Å². The summed E-state index contributed by atoms with van der Waals surface area (Å²) in [5, 5.41) is 0.242. The fraction of sp³-hybridized carbons (Fsp3) is 0.125. The molecular formula is C16H12BrFN2O3. The Labute approximate surface area is 138 Å². The molecule has 1 N–H and O–H groups in total. The number of rotatable bonds is 3. The average molecular weight is 379 g/mol. The summed E-state index contributed by atoms with van der Waals surface area (Å²) in [6, 6.07) is 9.54. The predicted octanol–water partition coefficient (Wildman–Crippen LogP) is 2.65. The molecule has 0 aliphatic heterocycles. The van der Waals surface area contributed by atoms with Crippen LogP contribution in [0, 0.1) is 5.82 Å². The fourth-order valence-corrected chi connectivity index (χ4v) is 2.65. The Kier molecular flexibility index (Phi) is 4.04. The Morgan fingerprint density at radius 2 is 1.91 bits per heavy atom. The summed E-state index contributed by atoms with van der Waals surface area (Å²) in [7, 11) is 1.56. The van der Waals surface area contributed by atoms with E-state index in [1.807, 2.05) is 0 Å². The van der Waals surface area contributed by atoms with Crippen molar-refractivity contribution < 1.29 is 9.13 Å². The van der Waals surface area contributed by atoms with Crippen molar-refractivity contribution in [3.05, 3.63) is 73.1 Å². The highest BCUT2D eigenvalue weighted by Gasteiger charge is 2.11. The van der Waals surface area contributed by atoms with Crippen molar-refractivity contribution >= 4 is 26.8 Å². The number of ether oxygens (including phenoxy) is 1. The van der Waals surface area contributed by atoms with E-state index in [-0.39, 0.29) is 21.9 Å². The lowest BCUT2D eigenvalue weighted by molar-refractivity contribution is 0.414.